The van der Waals surface area contributed by atoms with Crippen LogP contribution in [0, 0.1) is 29.6 Å². The highest BCUT2D eigenvalue weighted by Gasteiger charge is 2.62. The summed E-state index contributed by atoms with van der Waals surface area (Å²) in [6.07, 6.45) is 1.98. The third-order valence-corrected chi connectivity index (χ3v) is 9.82. The molecule has 3 aromatic carbocycles. The van der Waals surface area contributed by atoms with Crippen LogP contribution < -0.4 is 9.80 Å². The van der Waals surface area contributed by atoms with Gasteiger partial charge in [-0.15, -0.1) is 0 Å². The van der Waals surface area contributed by atoms with E-state index in [1.165, 1.54) is 24.3 Å². The zero-order valence-electron chi connectivity index (χ0n) is 24.3. The molecule has 2 heterocycles. The lowest BCUT2D eigenvalue weighted by atomic mass is 9.57. The van der Waals surface area contributed by atoms with Crippen LogP contribution >= 0.6 is 0 Å². The molecule has 1 saturated carbocycles. The Hall–Kier alpha value is -5.98. The molecule has 0 radical (unpaired) electrons. The van der Waals surface area contributed by atoms with E-state index in [-0.39, 0.29) is 30.0 Å². The van der Waals surface area contributed by atoms with Crippen LogP contribution in [0.2, 0.25) is 0 Å². The van der Waals surface area contributed by atoms with E-state index in [1.54, 1.807) is 12.1 Å². The van der Waals surface area contributed by atoms with Gasteiger partial charge in [0.2, 0.25) is 23.6 Å². The van der Waals surface area contributed by atoms with Gasteiger partial charge in [0.05, 0.1) is 35.0 Å². The number of carboxylic acid groups (broad SMARTS) is 2. The second-order valence-electron chi connectivity index (χ2n) is 12.2. The second-order valence-corrected chi connectivity index (χ2v) is 12.2. The third kappa shape index (κ3) is 4.37. The summed E-state index contributed by atoms with van der Waals surface area (Å²) in [6.45, 7) is 0. The van der Waals surface area contributed by atoms with E-state index in [2.05, 4.69) is 0 Å². The Balaban J connectivity index is 1.30. The molecule has 7 rings (SSSR count). The molecule has 0 spiro atoms. The van der Waals surface area contributed by atoms with Gasteiger partial charge in [-0.05, 0) is 60.7 Å². The Kier molecular flexibility index (Phi) is 6.67. The van der Waals surface area contributed by atoms with Crippen LogP contribution in [0.25, 0.3) is 0 Å². The Bertz CT molecular complexity index is 1980. The lowest BCUT2D eigenvalue weighted by Crippen LogP contribution is -2.43. The maximum absolute atomic E-state index is 14.1. The number of anilines is 2. The number of nitrogens with zero attached hydrogens (tertiary/aromatic N) is 2. The molecular formula is C34H26N2O11. The minimum Gasteiger partial charge on any atom is -0.508 e. The maximum Gasteiger partial charge on any atom is 0.339 e. The SMILES string of the molecule is O=C(O)c1ccc(N2C(=O)[C@H]3[C@H](CC=C4[C@H]3C[C@H]3C(=O)N(c5ccc(C(=O)O)c(O)c5)C(=O)[C@H]3[C@H]4c3cccc(O)c3)C2=O)cc1O. The van der Waals surface area contributed by atoms with Crippen LogP contribution in [0.1, 0.15) is 45.0 Å². The van der Waals surface area contributed by atoms with Gasteiger partial charge in [0, 0.05) is 18.1 Å². The molecule has 0 bridgehead atoms. The van der Waals surface area contributed by atoms with Gasteiger partial charge in [0.1, 0.15) is 28.4 Å². The normalized spacial score (nSPS) is 26.5. The summed E-state index contributed by atoms with van der Waals surface area (Å²) >= 11 is 0. The number of hydrogen-bond acceptors (Lipinski definition) is 9. The summed E-state index contributed by atoms with van der Waals surface area (Å²) < 4.78 is 0. The molecule has 4 aliphatic rings. The van der Waals surface area contributed by atoms with E-state index in [4.69, 9.17) is 0 Å². The predicted molar refractivity (Wildman–Crippen MR) is 161 cm³/mol. The largest absolute Gasteiger partial charge is 0.508 e. The average Bonchev–Trinajstić information content (AvgIpc) is 3.43. The van der Waals surface area contributed by atoms with Crippen LogP contribution in [0.4, 0.5) is 11.4 Å². The van der Waals surface area contributed by atoms with E-state index < -0.39 is 93.7 Å². The molecule has 3 fully saturated rings. The van der Waals surface area contributed by atoms with Gasteiger partial charge in [0.15, 0.2) is 0 Å². The number of amides is 4. The molecule has 2 aliphatic heterocycles. The molecule has 13 heteroatoms. The highest BCUT2D eigenvalue weighted by molar-refractivity contribution is 6.24. The average molecular weight is 639 g/mol. The monoisotopic (exact) mass is 638 g/mol. The summed E-state index contributed by atoms with van der Waals surface area (Å²) in [6, 6.07) is 13.0. The first kappa shape index (κ1) is 29.7. The van der Waals surface area contributed by atoms with Crippen molar-refractivity contribution < 1.29 is 54.3 Å². The molecule has 2 saturated heterocycles. The Morgan fingerprint density at radius 2 is 1.19 bits per heavy atom. The molecule has 2 aliphatic carbocycles. The number of carboxylic acids is 2. The number of fused-ring (bicyclic) bond motifs is 4. The number of benzene rings is 3. The van der Waals surface area contributed by atoms with Gasteiger partial charge in [-0.3, -0.25) is 19.2 Å². The first-order chi connectivity index (χ1) is 22.4. The zero-order valence-corrected chi connectivity index (χ0v) is 24.3. The number of carbonyl (C=O) groups excluding carboxylic acids is 4. The summed E-state index contributed by atoms with van der Waals surface area (Å²) in [5.41, 5.74) is 0.344. The number of phenolic OH excluding ortho intramolecular Hbond substituents is 1. The minimum atomic E-state index is -1.39. The fourth-order valence-electron chi connectivity index (χ4n) is 7.87. The first-order valence-corrected chi connectivity index (χ1v) is 14.8. The summed E-state index contributed by atoms with van der Waals surface area (Å²) in [5, 5.41) is 49.6. The highest BCUT2D eigenvalue weighted by Crippen LogP contribution is 2.58. The standard InChI is InChI=1S/C34H26N2O11/c37-17-3-1-2-14(10-17)26-18-8-9-21-27(31(42)35(29(21)40)15-4-6-19(33(44)45)24(38)11-15)22(18)13-23-28(26)32(43)36(30(23)41)16-5-7-20(34(46)47)25(39)12-16/h1-8,10-12,21-23,26-28,37-39H,9,13H2,(H,44,45)(H,46,47)/t21-,22+,23+,26-,27-,28+/m0/s1. The van der Waals surface area contributed by atoms with Crippen molar-refractivity contribution >= 4 is 46.9 Å². The van der Waals surface area contributed by atoms with E-state index >= 15 is 0 Å². The summed E-state index contributed by atoms with van der Waals surface area (Å²) in [5.74, 6) is -11.6. The Morgan fingerprint density at radius 1 is 0.638 bits per heavy atom. The number of phenols is 3. The lowest BCUT2D eigenvalue weighted by Gasteiger charge is -2.44. The maximum atomic E-state index is 14.1. The van der Waals surface area contributed by atoms with E-state index in [0.717, 1.165) is 34.1 Å². The molecule has 47 heavy (non-hydrogen) atoms. The van der Waals surface area contributed by atoms with Crippen molar-refractivity contribution in [1.29, 1.82) is 0 Å². The van der Waals surface area contributed by atoms with Gasteiger partial charge < -0.3 is 25.5 Å². The predicted octanol–water partition coefficient (Wildman–Crippen LogP) is 3.25. The van der Waals surface area contributed by atoms with Crippen molar-refractivity contribution in [3.05, 3.63) is 89.0 Å². The second kappa shape index (κ2) is 10.5. The smallest absolute Gasteiger partial charge is 0.339 e. The van der Waals surface area contributed by atoms with Crippen molar-refractivity contribution in [3.63, 3.8) is 0 Å². The Labute approximate surface area is 265 Å². The fourth-order valence-corrected chi connectivity index (χ4v) is 7.87. The molecular weight excluding hydrogens is 612 g/mol. The van der Waals surface area contributed by atoms with Crippen molar-refractivity contribution in [3.8, 4) is 17.2 Å². The first-order valence-electron chi connectivity index (χ1n) is 14.8. The van der Waals surface area contributed by atoms with Crippen molar-refractivity contribution in [1.82, 2.24) is 0 Å². The zero-order chi connectivity index (χ0) is 33.5. The summed E-state index contributed by atoms with van der Waals surface area (Å²) in [7, 11) is 0. The van der Waals surface area contributed by atoms with Crippen molar-refractivity contribution in [2.75, 3.05) is 9.80 Å². The number of allylic oxidation sites excluding steroid dienone is 2. The number of imide groups is 2. The molecule has 3 aromatic rings. The third-order valence-electron chi connectivity index (χ3n) is 9.82. The highest BCUT2D eigenvalue weighted by atomic mass is 16.4. The number of rotatable bonds is 5. The van der Waals surface area contributed by atoms with Crippen LogP contribution in [-0.4, -0.2) is 61.1 Å². The van der Waals surface area contributed by atoms with Gasteiger partial charge >= 0.3 is 11.9 Å². The number of hydrogen-bond donors (Lipinski definition) is 5. The molecule has 13 nitrogen and oxygen atoms in total. The molecule has 4 amide bonds. The van der Waals surface area contributed by atoms with Gasteiger partial charge in [-0.2, -0.15) is 0 Å². The summed E-state index contributed by atoms with van der Waals surface area (Å²) in [4.78, 5) is 80.6. The van der Waals surface area contributed by atoms with Crippen molar-refractivity contribution in [2.24, 2.45) is 29.6 Å². The molecule has 0 aromatic heterocycles. The Morgan fingerprint density at radius 3 is 1.72 bits per heavy atom. The van der Waals surface area contributed by atoms with Crippen LogP contribution in [-0.2, 0) is 19.2 Å². The molecule has 6 atom stereocenters. The van der Waals surface area contributed by atoms with Gasteiger partial charge in [-0.25, -0.2) is 19.4 Å². The number of carbonyl (C=O) groups is 6. The minimum absolute atomic E-state index is 0.000390. The number of aromatic carboxylic acids is 2. The molecule has 238 valence electrons. The van der Waals surface area contributed by atoms with Crippen molar-refractivity contribution in [2.45, 2.75) is 18.8 Å². The fraction of sp³-hybridized carbons (Fsp3) is 0.235. The number of aromatic hydroxyl groups is 3. The van der Waals surface area contributed by atoms with Gasteiger partial charge in [0.25, 0.3) is 0 Å². The van der Waals surface area contributed by atoms with Crippen LogP contribution in [0.3, 0.4) is 0 Å². The molecule has 5 N–H and O–H groups in total. The quantitative estimate of drug-likeness (QED) is 0.202. The molecule has 0 unspecified atom stereocenters. The topological polar surface area (TPSA) is 210 Å². The van der Waals surface area contributed by atoms with Gasteiger partial charge in [-0.1, -0.05) is 23.8 Å². The van der Waals surface area contributed by atoms with Crippen LogP contribution in [0.5, 0.6) is 17.2 Å². The van der Waals surface area contributed by atoms with E-state index in [0.29, 0.717) is 11.1 Å². The van der Waals surface area contributed by atoms with Crippen LogP contribution in [0.15, 0.2) is 72.3 Å². The van der Waals surface area contributed by atoms with E-state index in [9.17, 15) is 54.3 Å². The lowest BCUT2D eigenvalue weighted by molar-refractivity contribution is -0.126. The van der Waals surface area contributed by atoms with E-state index in [1.807, 2.05) is 6.08 Å².